The molecule has 0 aromatic heterocycles. The van der Waals surface area contributed by atoms with Gasteiger partial charge in [-0.15, -0.1) is 0 Å². The van der Waals surface area contributed by atoms with Crippen LogP contribution in [-0.2, 0) is 4.79 Å². The Balaban J connectivity index is 2.98. The first kappa shape index (κ1) is 17.6. The lowest BCUT2D eigenvalue weighted by atomic mass is 9.95. The summed E-state index contributed by atoms with van der Waals surface area (Å²) in [7, 11) is 3.50. The maximum Gasteiger partial charge on any atom is 0.223 e. The molecular formula is C16H26FN3O. The van der Waals surface area contributed by atoms with Crippen LogP contribution >= 0.6 is 0 Å². The Labute approximate surface area is 126 Å². The van der Waals surface area contributed by atoms with E-state index < -0.39 is 0 Å². The van der Waals surface area contributed by atoms with Gasteiger partial charge in [0.1, 0.15) is 5.82 Å². The van der Waals surface area contributed by atoms with Crippen LogP contribution in [0.15, 0.2) is 24.3 Å². The second kappa shape index (κ2) is 8.10. The van der Waals surface area contributed by atoms with Gasteiger partial charge in [-0.25, -0.2) is 4.39 Å². The van der Waals surface area contributed by atoms with Crippen molar-refractivity contribution in [3.8, 4) is 0 Å². The van der Waals surface area contributed by atoms with Gasteiger partial charge >= 0.3 is 0 Å². The number of amides is 1. The van der Waals surface area contributed by atoms with Crippen molar-refractivity contribution in [2.24, 2.45) is 11.7 Å². The van der Waals surface area contributed by atoms with Gasteiger partial charge in [0.05, 0.1) is 6.04 Å². The quantitative estimate of drug-likeness (QED) is 0.808. The summed E-state index contributed by atoms with van der Waals surface area (Å²) in [4.78, 5) is 13.6. The Morgan fingerprint density at radius 2 is 2.05 bits per heavy atom. The molecule has 0 fully saturated rings. The van der Waals surface area contributed by atoms with E-state index in [1.165, 1.54) is 6.07 Å². The van der Waals surface area contributed by atoms with Gasteiger partial charge in [-0.3, -0.25) is 9.69 Å². The van der Waals surface area contributed by atoms with Crippen LogP contribution in [0.5, 0.6) is 0 Å². The Hall–Kier alpha value is -1.46. The monoisotopic (exact) mass is 295 g/mol. The van der Waals surface area contributed by atoms with Gasteiger partial charge in [0.25, 0.3) is 0 Å². The second-order valence-electron chi connectivity index (χ2n) is 5.49. The summed E-state index contributed by atoms with van der Waals surface area (Å²) in [6, 6.07) is 6.24. The van der Waals surface area contributed by atoms with Crippen molar-refractivity contribution < 1.29 is 9.18 Å². The Morgan fingerprint density at radius 1 is 1.43 bits per heavy atom. The molecule has 0 bridgehead atoms. The van der Waals surface area contributed by atoms with Gasteiger partial charge in [0, 0.05) is 31.1 Å². The van der Waals surface area contributed by atoms with Gasteiger partial charge in [-0.05, 0) is 19.5 Å². The number of hydrogen-bond acceptors (Lipinski definition) is 3. The molecule has 1 aromatic carbocycles. The van der Waals surface area contributed by atoms with Crippen LogP contribution < -0.4 is 11.1 Å². The number of nitrogens with zero attached hydrogens (tertiary/aromatic N) is 1. The van der Waals surface area contributed by atoms with Gasteiger partial charge in [-0.1, -0.05) is 32.0 Å². The first-order valence-electron chi connectivity index (χ1n) is 7.34. The number of rotatable bonds is 7. The Kier molecular flexibility index (Phi) is 6.78. The Bertz CT molecular complexity index is 467. The largest absolute Gasteiger partial charge is 0.359 e. The maximum atomic E-state index is 14.1. The zero-order valence-electron chi connectivity index (χ0n) is 13.3. The number of likely N-dealkylation sites (N-methyl/N-ethyl adjacent to an activating group) is 1. The molecule has 0 aliphatic rings. The minimum absolute atomic E-state index is 0.0285. The van der Waals surface area contributed by atoms with E-state index in [9.17, 15) is 9.18 Å². The van der Waals surface area contributed by atoms with E-state index in [1.807, 2.05) is 31.9 Å². The lowest BCUT2D eigenvalue weighted by Crippen LogP contribution is -2.43. The molecule has 3 N–H and O–H groups in total. The summed E-state index contributed by atoms with van der Waals surface area (Å²) in [6.45, 7) is 4.35. The summed E-state index contributed by atoms with van der Waals surface area (Å²) in [5.41, 5.74) is 6.78. The molecule has 0 aliphatic carbocycles. The molecule has 0 radical (unpaired) electrons. The number of nitrogens with two attached hydrogens (primary N) is 1. The van der Waals surface area contributed by atoms with E-state index in [0.29, 0.717) is 12.1 Å². The molecule has 1 rings (SSSR count). The third-order valence-corrected chi connectivity index (χ3v) is 3.83. The maximum absolute atomic E-state index is 14.1. The number of nitrogens with one attached hydrogen (secondary N) is 1. The summed E-state index contributed by atoms with van der Waals surface area (Å²) in [5.74, 6) is -0.469. The molecule has 3 atom stereocenters. The molecule has 21 heavy (non-hydrogen) atoms. The van der Waals surface area contributed by atoms with E-state index >= 15 is 0 Å². The van der Waals surface area contributed by atoms with Crippen molar-refractivity contribution in [3.63, 3.8) is 0 Å². The molecule has 1 amide bonds. The highest BCUT2D eigenvalue weighted by atomic mass is 19.1. The molecule has 0 saturated heterocycles. The standard InChI is InChI=1S/C16H26FN3O/c1-5-14(18)15(12-8-6-7-9-13(12)17)20(4)10-11(2)16(21)19-3/h6-9,11,14-15H,5,10,18H2,1-4H3,(H,19,21). The van der Waals surface area contributed by atoms with Crippen LogP contribution in [0.4, 0.5) is 4.39 Å². The predicted octanol–water partition coefficient (Wildman–Crippen LogP) is 1.92. The molecule has 4 nitrogen and oxygen atoms in total. The summed E-state index contributed by atoms with van der Waals surface area (Å²) >= 11 is 0. The fourth-order valence-corrected chi connectivity index (χ4v) is 2.61. The predicted molar refractivity (Wildman–Crippen MR) is 83.3 cm³/mol. The lowest BCUT2D eigenvalue weighted by Gasteiger charge is -2.34. The van der Waals surface area contributed by atoms with Crippen LogP contribution in [0.25, 0.3) is 0 Å². The summed E-state index contributed by atoms with van der Waals surface area (Å²) in [6.07, 6.45) is 0.734. The van der Waals surface area contributed by atoms with Crippen molar-refractivity contribution in [1.29, 1.82) is 0 Å². The molecule has 0 saturated carbocycles. The van der Waals surface area contributed by atoms with Gasteiger partial charge in [0.15, 0.2) is 0 Å². The Morgan fingerprint density at radius 3 is 2.57 bits per heavy atom. The average molecular weight is 295 g/mol. The topological polar surface area (TPSA) is 58.4 Å². The second-order valence-corrected chi connectivity index (χ2v) is 5.49. The molecule has 0 heterocycles. The van der Waals surface area contributed by atoms with Crippen molar-refractivity contribution >= 4 is 5.91 Å². The molecule has 3 unspecified atom stereocenters. The number of benzene rings is 1. The van der Waals surface area contributed by atoms with Crippen molar-refractivity contribution in [1.82, 2.24) is 10.2 Å². The van der Waals surface area contributed by atoms with Crippen LogP contribution in [0.3, 0.4) is 0 Å². The molecule has 0 spiro atoms. The highest BCUT2D eigenvalue weighted by Gasteiger charge is 2.27. The molecule has 118 valence electrons. The average Bonchev–Trinajstić information content (AvgIpc) is 2.48. The van der Waals surface area contributed by atoms with Crippen molar-refractivity contribution in [2.45, 2.75) is 32.4 Å². The molecule has 0 aliphatic heterocycles. The summed E-state index contributed by atoms with van der Waals surface area (Å²) < 4.78 is 14.1. The first-order chi connectivity index (χ1) is 9.92. The molecular weight excluding hydrogens is 269 g/mol. The van der Waals surface area contributed by atoms with Gasteiger partial charge in [0.2, 0.25) is 5.91 Å². The molecule has 5 heteroatoms. The van der Waals surface area contributed by atoms with E-state index in [2.05, 4.69) is 5.32 Å². The highest BCUT2D eigenvalue weighted by Crippen LogP contribution is 2.26. The van der Waals surface area contributed by atoms with Crippen LogP contribution in [0, 0.1) is 11.7 Å². The van der Waals surface area contributed by atoms with Crippen LogP contribution in [0.1, 0.15) is 31.9 Å². The van der Waals surface area contributed by atoms with E-state index in [4.69, 9.17) is 5.73 Å². The number of halogens is 1. The fraction of sp³-hybridized carbons (Fsp3) is 0.562. The smallest absolute Gasteiger partial charge is 0.223 e. The van der Waals surface area contributed by atoms with Crippen molar-refractivity contribution in [3.05, 3.63) is 35.6 Å². The fourth-order valence-electron chi connectivity index (χ4n) is 2.61. The zero-order chi connectivity index (χ0) is 16.0. The van der Waals surface area contributed by atoms with Crippen molar-refractivity contribution in [2.75, 3.05) is 20.6 Å². The minimum atomic E-state index is -0.258. The lowest BCUT2D eigenvalue weighted by molar-refractivity contribution is -0.124. The molecule has 1 aromatic rings. The number of carbonyl (C=O) groups excluding carboxylic acids is 1. The van der Waals surface area contributed by atoms with E-state index in [-0.39, 0.29) is 29.7 Å². The minimum Gasteiger partial charge on any atom is -0.359 e. The third kappa shape index (κ3) is 4.51. The normalized spacial score (nSPS) is 15.6. The van der Waals surface area contributed by atoms with Gasteiger partial charge < -0.3 is 11.1 Å². The SMILES string of the molecule is CCC(N)C(c1ccccc1F)N(C)CC(C)C(=O)NC. The zero-order valence-corrected chi connectivity index (χ0v) is 13.3. The number of hydrogen-bond donors (Lipinski definition) is 2. The number of carbonyl (C=O) groups is 1. The van der Waals surface area contributed by atoms with E-state index in [0.717, 1.165) is 6.42 Å². The first-order valence-corrected chi connectivity index (χ1v) is 7.34. The van der Waals surface area contributed by atoms with Gasteiger partial charge in [-0.2, -0.15) is 0 Å². The third-order valence-electron chi connectivity index (χ3n) is 3.83. The highest BCUT2D eigenvalue weighted by molar-refractivity contribution is 5.78. The summed E-state index contributed by atoms with van der Waals surface area (Å²) in [5, 5.41) is 2.63. The van der Waals surface area contributed by atoms with Crippen LogP contribution in [0.2, 0.25) is 0 Å². The van der Waals surface area contributed by atoms with E-state index in [1.54, 1.807) is 19.2 Å². The van der Waals surface area contributed by atoms with Crippen LogP contribution in [-0.4, -0.2) is 37.5 Å².